The quantitative estimate of drug-likeness (QED) is 0.431. The summed E-state index contributed by atoms with van der Waals surface area (Å²) in [5, 5.41) is 0. The molecule has 152 valence electrons. The fourth-order valence-corrected chi connectivity index (χ4v) is 2.81. The average molecular weight is 409 g/mol. The van der Waals surface area contributed by atoms with Crippen LogP contribution in [0.1, 0.15) is 25.0 Å². The Bertz CT molecular complexity index is 1130. The molecule has 2 aliphatic heterocycles. The van der Waals surface area contributed by atoms with Crippen molar-refractivity contribution in [3.05, 3.63) is 53.2 Å². The lowest BCUT2D eigenvalue weighted by molar-refractivity contribution is -0.134. The molecule has 0 radical (unpaired) electrons. The standard InChI is InChI=1S/C21H15NO8/c1-11(23)28-17-5-3-13(8-19(17)29-12(2)24)7-15-21(25)30-20(22-15)14-4-6-16-18(9-14)27-10-26-16/h3-9H,10H2,1-2H3/b15-7-. The Morgan fingerprint density at radius 1 is 0.967 bits per heavy atom. The molecule has 0 N–H and O–H groups in total. The molecule has 0 amide bonds. The van der Waals surface area contributed by atoms with E-state index in [9.17, 15) is 14.4 Å². The molecule has 0 spiro atoms. The predicted molar refractivity (Wildman–Crippen MR) is 102 cm³/mol. The van der Waals surface area contributed by atoms with E-state index in [1.165, 1.54) is 32.1 Å². The van der Waals surface area contributed by atoms with Crippen LogP contribution in [0.5, 0.6) is 23.0 Å². The summed E-state index contributed by atoms with van der Waals surface area (Å²) in [6.45, 7) is 2.58. The molecule has 0 atom stereocenters. The van der Waals surface area contributed by atoms with Gasteiger partial charge < -0.3 is 23.7 Å². The van der Waals surface area contributed by atoms with E-state index in [2.05, 4.69) is 4.99 Å². The van der Waals surface area contributed by atoms with E-state index < -0.39 is 17.9 Å². The van der Waals surface area contributed by atoms with Crippen LogP contribution in [0.4, 0.5) is 0 Å². The van der Waals surface area contributed by atoms with Crippen LogP contribution in [-0.2, 0) is 19.1 Å². The maximum Gasteiger partial charge on any atom is 0.363 e. The number of nitrogens with zero attached hydrogens (tertiary/aromatic N) is 1. The lowest BCUT2D eigenvalue weighted by Gasteiger charge is -2.09. The summed E-state index contributed by atoms with van der Waals surface area (Å²) in [6, 6.07) is 9.57. The molecule has 4 rings (SSSR count). The molecule has 0 aromatic heterocycles. The molecule has 0 aliphatic carbocycles. The van der Waals surface area contributed by atoms with Gasteiger partial charge in [0.1, 0.15) is 0 Å². The third-order valence-corrected chi connectivity index (χ3v) is 4.02. The van der Waals surface area contributed by atoms with Crippen molar-refractivity contribution >= 4 is 29.9 Å². The van der Waals surface area contributed by atoms with Crippen molar-refractivity contribution in [1.82, 2.24) is 0 Å². The van der Waals surface area contributed by atoms with Crippen molar-refractivity contribution in [2.45, 2.75) is 13.8 Å². The molecular formula is C21H15NO8. The van der Waals surface area contributed by atoms with Gasteiger partial charge in [0.05, 0.1) is 0 Å². The van der Waals surface area contributed by atoms with E-state index in [1.54, 1.807) is 24.3 Å². The number of cyclic esters (lactones) is 1. The minimum absolute atomic E-state index is 0.0402. The zero-order valence-electron chi connectivity index (χ0n) is 16.0. The number of carbonyl (C=O) groups excluding carboxylic acids is 3. The second-order valence-electron chi connectivity index (χ2n) is 6.30. The van der Waals surface area contributed by atoms with Gasteiger partial charge in [-0.15, -0.1) is 0 Å². The molecule has 30 heavy (non-hydrogen) atoms. The van der Waals surface area contributed by atoms with E-state index in [-0.39, 0.29) is 29.9 Å². The second kappa shape index (κ2) is 7.70. The van der Waals surface area contributed by atoms with E-state index in [0.717, 1.165) is 0 Å². The number of esters is 3. The fraction of sp³-hybridized carbons (Fsp3) is 0.143. The Labute approximate surface area is 170 Å². The molecule has 0 saturated heterocycles. The Morgan fingerprint density at radius 3 is 2.47 bits per heavy atom. The summed E-state index contributed by atoms with van der Waals surface area (Å²) in [5.41, 5.74) is 1.10. The van der Waals surface area contributed by atoms with Gasteiger partial charge in [0.15, 0.2) is 28.7 Å². The summed E-state index contributed by atoms with van der Waals surface area (Å²) < 4.78 is 26.0. The Kier molecular flexibility index (Phi) is 4.93. The van der Waals surface area contributed by atoms with Gasteiger partial charge in [0.25, 0.3) is 0 Å². The first-order valence-electron chi connectivity index (χ1n) is 8.82. The molecule has 0 bridgehead atoms. The zero-order chi connectivity index (χ0) is 21.3. The minimum Gasteiger partial charge on any atom is -0.454 e. The van der Waals surface area contributed by atoms with Crippen molar-refractivity contribution in [1.29, 1.82) is 0 Å². The molecule has 2 aromatic carbocycles. The molecule has 2 aliphatic rings. The van der Waals surface area contributed by atoms with E-state index in [0.29, 0.717) is 22.6 Å². The second-order valence-corrected chi connectivity index (χ2v) is 6.30. The first kappa shape index (κ1) is 19.2. The number of ether oxygens (including phenoxy) is 5. The van der Waals surface area contributed by atoms with Crippen molar-refractivity contribution in [3.63, 3.8) is 0 Å². The molecule has 9 heteroatoms. The number of aliphatic imine (C=N–C) groups is 1. The molecule has 0 unspecified atom stereocenters. The highest BCUT2D eigenvalue weighted by molar-refractivity contribution is 6.13. The van der Waals surface area contributed by atoms with E-state index >= 15 is 0 Å². The highest BCUT2D eigenvalue weighted by atomic mass is 16.7. The molecule has 0 fully saturated rings. The largest absolute Gasteiger partial charge is 0.454 e. The summed E-state index contributed by atoms with van der Waals surface area (Å²) in [6.07, 6.45) is 1.47. The van der Waals surface area contributed by atoms with Crippen LogP contribution in [0.25, 0.3) is 6.08 Å². The maximum absolute atomic E-state index is 12.3. The van der Waals surface area contributed by atoms with Crippen molar-refractivity contribution in [2.24, 2.45) is 4.99 Å². The number of benzene rings is 2. The van der Waals surface area contributed by atoms with Crippen LogP contribution >= 0.6 is 0 Å². The first-order chi connectivity index (χ1) is 14.4. The van der Waals surface area contributed by atoms with Gasteiger partial charge in [-0.2, -0.15) is 0 Å². The number of hydrogen-bond donors (Lipinski definition) is 0. The lowest BCUT2D eigenvalue weighted by Crippen LogP contribution is -2.07. The molecule has 0 saturated carbocycles. The third-order valence-electron chi connectivity index (χ3n) is 4.02. The monoisotopic (exact) mass is 409 g/mol. The molecule has 2 aromatic rings. The first-order valence-corrected chi connectivity index (χ1v) is 8.82. The topological polar surface area (TPSA) is 110 Å². The summed E-state index contributed by atoms with van der Waals surface area (Å²) in [7, 11) is 0. The Hall–Kier alpha value is -4.14. The summed E-state index contributed by atoms with van der Waals surface area (Å²) in [4.78, 5) is 39.1. The average Bonchev–Trinajstić information content (AvgIpc) is 3.29. The van der Waals surface area contributed by atoms with Crippen LogP contribution in [0.15, 0.2) is 47.1 Å². The fourth-order valence-electron chi connectivity index (χ4n) is 2.81. The number of carbonyl (C=O) groups is 3. The van der Waals surface area contributed by atoms with Crippen molar-refractivity contribution in [3.8, 4) is 23.0 Å². The van der Waals surface area contributed by atoms with Gasteiger partial charge >= 0.3 is 17.9 Å². The smallest absolute Gasteiger partial charge is 0.363 e. The van der Waals surface area contributed by atoms with Crippen LogP contribution in [-0.4, -0.2) is 30.6 Å². The predicted octanol–water partition coefficient (Wildman–Crippen LogP) is 2.61. The van der Waals surface area contributed by atoms with Crippen molar-refractivity contribution in [2.75, 3.05) is 6.79 Å². The van der Waals surface area contributed by atoms with Crippen LogP contribution in [0.2, 0.25) is 0 Å². The van der Waals surface area contributed by atoms with E-state index in [4.69, 9.17) is 23.7 Å². The highest BCUT2D eigenvalue weighted by Gasteiger charge is 2.26. The summed E-state index contributed by atoms with van der Waals surface area (Å²) in [5.74, 6) is -0.400. The number of rotatable bonds is 4. The minimum atomic E-state index is -0.638. The van der Waals surface area contributed by atoms with Crippen LogP contribution in [0, 0.1) is 0 Å². The normalized spacial score (nSPS) is 15.6. The van der Waals surface area contributed by atoms with Gasteiger partial charge in [-0.25, -0.2) is 9.79 Å². The van der Waals surface area contributed by atoms with Gasteiger partial charge in [0, 0.05) is 19.4 Å². The highest BCUT2D eigenvalue weighted by Crippen LogP contribution is 2.34. The van der Waals surface area contributed by atoms with Gasteiger partial charge in [-0.05, 0) is 42.0 Å². The SMILES string of the molecule is CC(=O)Oc1ccc(/C=C2\N=C(c3ccc4c(c3)OCO4)OC2=O)cc1OC(C)=O. The third kappa shape index (κ3) is 4.00. The van der Waals surface area contributed by atoms with Crippen LogP contribution in [0.3, 0.4) is 0 Å². The van der Waals surface area contributed by atoms with E-state index in [1.807, 2.05) is 0 Å². The summed E-state index contributed by atoms with van der Waals surface area (Å²) >= 11 is 0. The molecular weight excluding hydrogens is 394 g/mol. The molecule has 2 heterocycles. The van der Waals surface area contributed by atoms with Crippen LogP contribution < -0.4 is 18.9 Å². The maximum atomic E-state index is 12.3. The zero-order valence-corrected chi connectivity index (χ0v) is 16.0. The Balaban J connectivity index is 1.64. The van der Waals surface area contributed by atoms with Gasteiger partial charge in [0.2, 0.25) is 12.7 Å². The van der Waals surface area contributed by atoms with Gasteiger partial charge in [-0.3, -0.25) is 9.59 Å². The molecule has 9 nitrogen and oxygen atoms in total. The lowest BCUT2D eigenvalue weighted by atomic mass is 10.1. The van der Waals surface area contributed by atoms with Gasteiger partial charge in [-0.1, -0.05) is 6.07 Å². The number of fused-ring (bicyclic) bond motifs is 1. The number of hydrogen-bond acceptors (Lipinski definition) is 9. The van der Waals surface area contributed by atoms with Crippen molar-refractivity contribution < 1.29 is 38.1 Å². The Morgan fingerprint density at radius 2 is 1.70 bits per heavy atom.